The van der Waals surface area contributed by atoms with Crippen molar-refractivity contribution >= 4 is 0 Å². The van der Waals surface area contributed by atoms with Gasteiger partial charge in [0, 0.05) is 24.9 Å². The molecule has 2 atom stereocenters. The van der Waals surface area contributed by atoms with E-state index in [1.54, 1.807) is 12.4 Å². The minimum absolute atomic E-state index is 0.0891. The molecule has 1 saturated heterocycles. The number of nitriles is 1. The Hall–Kier alpha value is -1.44. The monoisotopic (exact) mass is 215 g/mol. The molecule has 1 spiro atoms. The van der Waals surface area contributed by atoms with E-state index in [-0.39, 0.29) is 17.4 Å². The van der Waals surface area contributed by atoms with Crippen molar-refractivity contribution < 1.29 is 5.21 Å². The van der Waals surface area contributed by atoms with Crippen molar-refractivity contribution in [1.82, 2.24) is 10.0 Å². The van der Waals surface area contributed by atoms with Crippen LogP contribution in [0.5, 0.6) is 0 Å². The largest absolute Gasteiger partial charge is 0.313 e. The lowest BCUT2D eigenvalue weighted by atomic mass is 9.86. The van der Waals surface area contributed by atoms with Gasteiger partial charge in [-0.1, -0.05) is 6.07 Å². The molecule has 1 N–H and O–H groups in total. The summed E-state index contributed by atoms with van der Waals surface area (Å²) in [7, 11) is 0. The van der Waals surface area contributed by atoms with E-state index in [1.807, 2.05) is 12.1 Å². The highest BCUT2D eigenvalue weighted by Gasteiger charge is 2.62. The number of nitrogens with zero attached hydrogens (tertiary/aromatic N) is 3. The van der Waals surface area contributed by atoms with Crippen LogP contribution in [0.2, 0.25) is 0 Å². The molecule has 2 heterocycles. The highest BCUT2D eigenvalue weighted by molar-refractivity contribution is 5.29. The van der Waals surface area contributed by atoms with Gasteiger partial charge < -0.3 is 5.21 Å². The first kappa shape index (κ1) is 9.76. The molecule has 1 aliphatic carbocycles. The zero-order valence-corrected chi connectivity index (χ0v) is 8.87. The van der Waals surface area contributed by atoms with Gasteiger partial charge in [-0.3, -0.25) is 4.98 Å². The molecule has 0 radical (unpaired) electrons. The van der Waals surface area contributed by atoms with Crippen molar-refractivity contribution in [3.63, 3.8) is 0 Å². The summed E-state index contributed by atoms with van der Waals surface area (Å²) >= 11 is 0. The normalized spacial score (nSPS) is 31.5. The van der Waals surface area contributed by atoms with Crippen molar-refractivity contribution in [2.24, 2.45) is 5.92 Å². The Labute approximate surface area is 94.1 Å². The van der Waals surface area contributed by atoms with E-state index in [2.05, 4.69) is 11.1 Å². The molecule has 0 unspecified atom stereocenters. The van der Waals surface area contributed by atoms with Crippen LogP contribution in [0.3, 0.4) is 0 Å². The van der Waals surface area contributed by atoms with Crippen LogP contribution in [-0.4, -0.2) is 27.3 Å². The maximum atomic E-state index is 9.91. The topological polar surface area (TPSA) is 60.2 Å². The predicted octanol–water partition coefficient (Wildman–Crippen LogP) is 1.54. The molecule has 0 amide bonds. The van der Waals surface area contributed by atoms with Gasteiger partial charge in [-0.05, 0) is 24.5 Å². The Bertz CT molecular complexity index is 435. The van der Waals surface area contributed by atoms with Gasteiger partial charge in [-0.2, -0.15) is 10.3 Å². The quantitative estimate of drug-likeness (QED) is 0.772. The van der Waals surface area contributed by atoms with Gasteiger partial charge in [0.2, 0.25) is 0 Å². The van der Waals surface area contributed by atoms with Gasteiger partial charge in [-0.15, -0.1) is 0 Å². The molecule has 1 aromatic rings. The smallest absolute Gasteiger partial charge is 0.0752 e. The maximum absolute atomic E-state index is 9.91. The molecule has 16 heavy (non-hydrogen) atoms. The standard InChI is InChI=1S/C12H13N3O/c13-6-11-10(9-2-1-5-14-7-9)8-15(16)12(11)3-4-12/h1-2,5,7,10-11,16H,3-4,8H2/t10-,11-/m0/s1. The predicted molar refractivity (Wildman–Crippen MR) is 56.5 cm³/mol. The first-order chi connectivity index (χ1) is 7.78. The van der Waals surface area contributed by atoms with Gasteiger partial charge in [0.25, 0.3) is 0 Å². The van der Waals surface area contributed by atoms with Crippen molar-refractivity contribution in [3.8, 4) is 6.07 Å². The maximum Gasteiger partial charge on any atom is 0.0752 e. The second kappa shape index (κ2) is 3.27. The summed E-state index contributed by atoms with van der Waals surface area (Å²) in [5.74, 6) is -0.0205. The van der Waals surface area contributed by atoms with Crippen molar-refractivity contribution in [2.75, 3.05) is 6.54 Å². The number of hydroxylamine groups is 2. The molecule has 0 bridgehead atoms. The number of rotatable bonds is 1. The Balaban J connectivity index is 1.96. The van der Waals surface area contributed by atoms with E-state index in [0.29, 0.717) is 6.54 Å². The molecule has 0 aromatic carbocycles. The fraction of sp³-hybridized carbons (Fsp3) is 0.500. The summed E-state index contributed by atoms with van der Waals surface area (Å²) in [6, 6.07) is 6.23. The highest BCUT2D eigenvalue weighted by atomic mass is 16.5. The van der Waals surface area contributed by atoms with E-state index >= 15 is 0 Å². The third-order valence-electron chi connectivity index (χ3n) is 3.88. The highest BCUT2D eigenvalue weighted by Crippen LogP contribution is 2.56. The lowest BCUT2D eigenvalue weighted by molar-refractivity contribution is -0.117. The van der Waals surface area contributed by atoms with Crippen molar-refractivity contribution in [2.45, 2.75) is 24.3 Å². The molecule has 2 aliphatic rings. The third-order valence-corrected chi connectivity index (χ3v) is 3.88. The molecular formula is C12H13N3O. The van der Waals surface area contributed by atoms with Crippen LogP contribution in [-0.2, 0) is 0 Å². The second-order valence-corrected chi connectivity index (χ2v) is 4.69. The van der Waals surface area contributed by atoms with Crippen LogP contribution in [0.1, 0.15) is 24.3 Å². The Morgan fingerprint density at radius 1 is 1.56 bits per heavy atom. The van der Waals surface area contributed by atoms with E-state index in [0.717, 1.165) is 18.4 Å². The van der Waals surface area contributed by atoms with Gasteiger partial charge >= 0.3 is 0 Å². The van der Waals surface area contributed by atoms with Crippen LogP contribution < -0.4 is 0 Å². The Kier molecular flexibility index (Phi) is 2.00. The van der Waals surface area contributed by atoms with Crippen LogP contribution in [0, 0.1) is 17.2 Å². The van der Waals surface area contributed by atoms with Crippen LogP contribution in [0.4, 0.5) is 0 Å². The lowest BCUT2D eigenvalue weighted by Crippen LogP contribution is -2.31. The fourth-order valence-electron chi connectivity index (χ4n) is 2.81. The van der Waals surface area contributed by atoms with Gasteiger partial charge in [0.15, 0.2) is 0 Å². The average molecular weight is 215 g/mol. The van der Waals surface area contributed by atoms with Crippen LogP contribution >= 0.6 is 0 Å². The summed E-state index contributed by atoms with van der Waals surface area (Å²) < 4.78 is 0. The zero-order valence-electron chi connectivity index (χ0n) is 8.87. The molecule has 3 rings (SSSR count). The molecule has 1 aromatic heterocycles. The van der Waals surface area contributed by atoms with E-state index in [1.165, 1.54) is 5.06 Å². The molecule has 1 aliphatic heterocycles. The summed E-state index contributed by atoms with van der Waals surface area (Å²) in [4.78, 5) is 4.08. The lowest BCUT2D eigenvalue weighted by Gasteiger charge is -2.18. The number of hydrogen-bond donors (Lipinski definition) is 1. The molecule has 82 valence electrons. The van der Waals surface area contributed by atoms with Crippen molar-refractivity contribution in [3.05, 3.63) is 30.1 Å². The van der Waals surface area contributed by atoms with E-state index in [9.17, 15) is 10.5 Å². The Morgan fingerprint density at radius 3 is 2.94 bits per heavy atom. The summed E-state index contributed by atoms with van der Waals surface area (Å²) in [6.07, 6.45) is 5.38. The summed E-state index contributed by atoms with van der Waals surface area (Å²) in [6.45, 7) is 0.546. The number of hydrogen-bond acceptors (Lipinski definition) is 4. The van der Waals surface area contributed by atoms with Gasteiger partial charge in [-0.25, -0.2) is 0 Å². The molecule has 4 heteroatoms. The van der Waals surface area contributed by atoms with Gasteiger partial charge in [0.1, 0.15) is 0 Å². The van der Waals surface area contributed by atoms with Crippen molar-refractivity contribution in [1.29, 1.82) is 5.26 Å². The summed E-state index contributed by atoms with van der Waals surface area (Å²) in [5, 5.41) is 20.6. The SMILES string of the molecule is N#C[C@H]1[C@H](c2cccnc2)CN(O)C12CC2. The second-order valence-electron chi connectivity index (χ2n) is 4.69. The van der Waals surface area contributed by atoms with E-state index in [4.69, 9.17) is 0 Å². The first-order valence-electron chi connectivity index (χ1n) is 5.54. The summed E-state index contributed by atoms with van der Waals surface area (Å²) in [5.41, 5.74) is 0.798. The zero-order chi connectivity index (χ0) is 11.2. The molecular weight excluding hydrogens is 202 g/mol. The number of aromatic nitrogens is 1. The average Bonchev–Trinajstić information content (AvgIpc) is 3.05. The van der Waals surface area contributed by atoms with Crippen LogP contribution in [0.15, 0.2) is 24.5 Å². The Morgan fingerprint density at radius 2 is 2.38 bits per heavy atom. The molecule has 1 saturated carbocycles. The first-order valence-corrected chi connectivity index (χ1v) is 5.54. The minimum atomic E-state index is -0.255. The third kappa shape index (κ3) is 1.19. The minimum Gasteiger partial charge on any atom is -0.313 e. The van der Waals surface area contributed by atoms with Gasteiger partial charge in [0.05, 0.1) is 17.5 Å². The van der Waals surface area contributed by atoms with E-state index < -0.39 is 0 Å². The molecule has 4 nitrogen and oxygen atoms in total. The fourth-order valence-corrected chi connectivity index (χ4v) is 2.81. The van der Waals surface area contributed by atoms with Crippen LogP contribution in [0.25, 0.3) is 0 Å². The molecule has 2 fully saturated rings. The number of pyridine rings is 1.